The van der Waals surface area contributed by atoms with Crippen LogP contribution < -0.4 is 5.32 Å². The van der Waals surface area contributed by atoms with Crippen molar-refractivity contribution in [2.45, 2.75) is 26.8 Å². The minimum atomic E-state index is -0.510. The van der Waals surface area contributed by atoms with Crippen molar-refractivity contribution in [2.75, 3.05) is 0 Å². The van der Waals surface area contributed by atoms with Gasteiger partial charge in [0, 0.05) is 17.7 Å². The molecule has 0 heterocycles. The highest BCUT2D eigenvalue weighted by atomic mass is 16.6. The predicted molar refractivity (Wildman–Crippen MR) is 84.9 cm³/mol. The van der Waals surface area contributed by atoms with E-state index in [1.54, 1.807) is 6.07 Å². The van der Waals surface area contributed by atoms with E-state index in [0.29, 0.717) is 0 Å². The molecule has 2 aromatic rings. The first-order valence-corrected chi connectivity index (χ1v) is 7.01. The van der Waals surface area contributed by atoms with Crippen molar-refractivity contribution in [2.24, 2.45) is 0 Å². The summed E-state index contributed by atoms with van der Waals surface area (Å²) in [5.74, 6) is -0.325. The third kappa shape index (κ3) is 3.49. The minimum Gasteiger partial charge on any atom is -0.346 e. The highest BCUT2D eigenvalue weighted by Gasteiger charge is 2.14. The number of amides is 1. The van der Waals surface area contributed by atoms with Crippen molar-refractivity contribution in [3.63, 3.8) is 0 Å². The van der Waals surface area contributed by atoms with Crippen LogP contribution in [0.2, 0.25) is 0 Å². The Labute approximate surface area is 129 Å². The van der Waals surface area contributed by atoms with Crippen LogP contribution in [0.5, 0.6) is 0 Å². The zero-order valence-electron chi connectivity index (χ0n) is 12.8. The van der Waals surface area contributed by atoms with Crippen molar-refractivity contribution in [1.82, 2.24) is 5.32 Å². The number of nitrogens with zero attached hydrogens (tertiary/aromatic N) is 1. The SMILES string of the molecule is Cc1ccc([C@H](C)NC(=O)c2cccc([N+](=O)[O-])c2)cc1C. The Morgan fingerprint density at radius 1 is 1.14 bits per heavy atom. The number of nitro groups is 1. The monoisotopic (exact) mass is 298 g/mol. The Kier molecular flexibility index (Phi) is 4.56. The van der Waals surface area contributed by atoms with E-state index >= 15 is 0 Å². The summed E-state index contributed by atoms with van der Waals surface area (Å²) < 4.78 is 0. The molecular formula is C17H18N2O3. The fourth-order valence-corrected chi connectivity index (χ4v) is 2.16. The van der Waals surface area contributed by atoms with E-state index in [4.69, 9.17) is 0 Å². The van der Waals surface area contributed by atoms with Gasteiger partial charge in [-0.2, -0.15) is 0 Å². The topological polar surface area (TPSA) is 72.2 Å². The van der Waals surface area contributed by atoms with Crippen molar-refractivity contribution in [3.8, 4) is 0 Å². The van der Waals surface area contributed by atoms with Crippen molar-refractivity contribution < 1.29 is 9.72 Å². The molecule has 0 aliphatic carbocycles. The van der Waals surface area contributed by atoms with E-state index in [2.05, 4.69) is 5.32 Å². The van der Waals surface area contributed by atoms with Crippen LogP contribution in [-0.2, 0) is 0 Å². The number of rotatable bonds is 4. The Bertz CT molecular complexity index is 726. The zero-order chi connectivity index (χ0) is 16.3. The van der Waals surface area contributed by atoms with Crippen molar-refractivity contribution in [1.29, 1.82) is 0 Å². The lowest BCUT2D eigenvalue weighted by Gasteiger charge is -2.15. The van der Waals surface area contributed by atoms with Gasteiger partial charge in [0.05, 0.1) is 11.0 Å². The van der Waals surface area contributed by atoms with Crippen LogP contribution in [0, 0.1) is 24.0 Å². The Hall–Kier alpha value is -2.69. The Morgan fingerprint density at radius 3 is 2.50 bits per heavy atom. The molecule has 5 nitrogen and oxygen atoms in total. The van der Waals surface area contributed by atoms with Crippen LogP contribution in [0.1, 0.15) is 40.0 Å². The highest BCUT2D eigenvalue weighted by Crippen LogP contribution is 2.18. The third-order valence-corrected chi connectivity index (χ3v) is 3.70. The fraction of sp³-hybridized carbons (Fsp3) is 0.235. The quantitative estimate of drug-likeness (QED) is 0.691. The Balaban J connectivity index is 2.15. The molecule has 0 saturated carbocycles. The number of carbonyl (C=O) groups excluding carboxylic acids is 1. The highest BCUT2D eigenvalue weighted by molar-refractivity contribution is 5.95. The normalized spacial score (nSPS) is 11.8. The molecule has 0 aliphatic rings. The smallest absolute Gasteiger partial charge is 0.270 e. The average Bonchev–Trinajstić information content (AvgIpc) is 2.50. The molecule has 22 heavy (non-hydrogen) atoms. The van der Waals surface area contributed by atoms with E-state index < -0.39 is 4.92 Å². The average molecular weight is 298 g/mol. The molecule has 1 atom stereocenters. The summed E-state index contributed by atoms with van der Waals surface area (Å²) in [6.45, 7) is 5.94. The van der Waals surface area contributed by atoms with E-state index in [0.717, 1.165) is 11.1 Å². The molecule has 0 radical (unpaired) electrons. The molecule has 5 heteroatoms. The van der Waals surface area contributed by atoms with Crippen LogP contribution in [0.25, 0.3) is 0 Å². The van der Waals surface area contributed by atoms with Gasteiger partial charge in [-0.15, -0.1) is 0 Å². The summed E-state index contributed by atoms with van der Waals surface area (Å²) in [5.41, 5.74) is 3.55. The summed E-state index contributed by atoms with van der Waals surface area (Å²) in [5, 5.41) is 13.6. The maximum atomic E-state index is 12.2. The third-order valence-electron chi connectivity index (χ3n) is 3.70. The first kappa shape index (κ1) is 15.7. The molecular weight excluding hydrogens is 280 g/mol. The number of carbonyl (C=O) groups is 1. The fourth-order valence-electron chi connectivity index (χ4n) is 2.16. The van der Waals surface area contributed by atoms with E-state index in [9.17, 15) is 14.9 Å². The number of hydrogen-bond donors (Lipinski definition) is 1. The molecule has 0 aliphatic heterocycles. The predicted octanol–water partition coefficient (Wildman–Crippen LogP) is 3.70. The summed E-state index contributed by atoms with van der Waals surface area (Å²) in [7, 11) is 0. The van der Waals surface area contributed by atoms with E-state index in [-0.39, 0.29) is 23.2 Å². The van der Waals surface area contributed by atoms with Crippen LogP contribution >= 0.6 is 0 Å². The van der Waals surface area contributed by atoms with Gasteiger partial charge in [0.25, 0.3) is 11.6 Å². The van der Waals surface area contributed by atoms with E-state index in [1.165, 1.54) is 23.8 Å². The van der Waals surface area contributed by atoms with Gasteiger partial charge in [-0.25, -0.2) is 0 Å². The number of non-ortho nitro benzene ring substituents is 1. The van der Waals surface area contributed by atoms with Gasteiger partial charge in [0.2, 0.25) is 0 Å². The second-order valence-corrected chi connectivity index (χ2v) is 5.35. The number of benzene rings is 2. The lowest BCUT2D eigenvalue weighted by atomic mass is 10.0. The first-order chi connectivity index (χ1) is 10.4. The lowest BCUT2D eigenvalue weighted by Crippen LogP contribution is -2.26. The first-order valence-electron chi connectivity index (χ1n) is 7.01. The van der Waals surface area contributed by atoms with Gasteiger partial charge in [-0.1, -0.05) is 24.3 Å². The van der Waals surface area contributed by atoms with Gasteiger partial charge in [0.15, 0.2) is 0 Å². The molecule has 1 N–H and O–H groups in total. The molecule has 2 rings (SSSR count). The van der Waals surface area contributed by atoms with Crippen LogP contribution in [0.4, 0.5) is 5.69 Å². The molecule has 0 saturated heterocycles. The molecule has 0 fully saturated rings. The summed E-state index contributed by atoms with van der Waals surface area (Å²) in [6, 6.07) is 11.6. The van der Waals surface area contributed by atoms with Crippen LogP contribution in [0.3, 0.4) is 0 Å². The molecule has 1 amide bonds. The van der Waals surface area contributed by atoms with Crippen molar-refractivity contribution >= 4 is 11.6 Å². The standard InChI is InChI=1S/C17H18N2O3/c1-11-7-8-14(9-12(11)2)13(3)18-17(20)15-5-4-6-16(10-15)19(21)22/h4-10,13H,1-3H3,(H,18,20)/t13-/m0/s1. The Morgan fingerprint density at radius 2 is 1.86 bits per heavy atom. The largest absolute Gasteiger partial charge is 0.346 e. The van der Waals surface area contributed by atoms with Crippen LogP contribution in [-0.4, -0.2) is 10.8 Å². The zero-order valence-corrected chi connectivity index (χ0v) is 12.8. The molecule has 0 spiro atoms. The second kappa shape index (κ2) is 6.39. The van der Waals surface area contributed by atoms with Crippen LogP contribution in [0.15, 0.2) is 42.5 Å². The molecule has 0 unspecified atom stereocenters. The summed E-state index contributed by atoms with van der Waals surface area (Å²) >= 11 is 0. The number of nitrogens with one attached hydrogen (secondary N) is 1. The molecule has 0 aromatic heterocycles. The molecule has 0 bridgehead atoms. The number of nitro benzene ring substituents is 1. The van der Waals surface area contributed by atoms with E-state index in [1.807, 2.05) is 39.0 Å². The van der Waals surface area contributed by atoms with Crippen molar-refractivity contribution in [3.05, 3.63) is 74.8 Å². The second-order valence-electron chi connectivity index (χ2n) is 5.35. The summed E-state index contributed by atoms with van der Waals surface area (Å²) in [6.07, 6.45) is 0. The van der Waals surface area contributed by atoms with Gasteiger partial charge >= 0.3 is 0 Å². The van der Waals surface area contributed by atoms with Gasteiger partial charge in [-0.3, -0.25) is 14.9 Å². The number of hydrogen-bond acceptors (Lipinski definition) is 3. The van der Waals surface area contributed by atoms with Gasteiger partial charge in [0.1, 0.15) is 0 Å². The maximum absolute atomic E-state index is 12.2. The van der Waals surface area contributed by atoms with Gasteiger partial charge < -0.3 is 5.32 Å². The summed E-state index contributed by atoms with van der Waals surface area (Å²) in [4.78, 5) is 22.5. The van der Waals surface area contributed by atoms with Gasteiger partial charge in [-0.05, 0) is 43.5 Å². The molecule has 114 valence electrons. The number of aryl methyl sites for hydroxylation is 2. The maximum Gasteiger partial charge on any atom is 0.270 e. The minimum absolute atomic E-state index is 0.0912. The molecule has 2 aromatic carbocycles. The lowest BCUT2D eigenvalue weighted by molar-refractivity contribution is -0.384.